The van der Waals surface area contributed by atoms with Gasteiger partial charge < -0.3 is 9.09 Å². The van der Waals surface area contributed by atoms with E-state index in [-0.39, 0.29) is 0 Å². The Balaban J connectivity index is 1.52. The van der Waals surface area contributed by atoms with Crippen LogP contribution in [0.3, 0.4) is 0 Å². The molecule has 2 aromatic heterocycles. The fourth-order valence-corrected chi connectivity index (χ4v) is 3.66. The second-order valence-corrected chi connectivity index (χ2v) is 7.03. The van der Waals surface area contributed by atoms with Gasteiger partial charge >= 0.3 is 0 Å². The van der Waals surface area contributed by atoms with Crippen LogP contribution in [-0.4, -0.2) is 24.9 Å². The number of hydrogen-bond donors (Lipinski definition) is 0. The molecule has 6 nitrogen and oxygen atoms in total. The lowest BCUT2D eigenvalue weighted by Gasteiger charge is -2.07. The predicted molar refractivity (Wildman–Crippen MR) is 105 cm³/mol. The Bertz CT molecular complexity index is 1040. The highest BCUT2D eigenvalue weighted by atomic mass is 32.2. The van der Waals surface area contributed by atoms with Crippen molar-refractivity contribution >= 4 is 11.8 Å². The second kappa shape index (κ2) is 7.75. The van der Waals surface area contributed by atoms with Crippen LogP contribution >= 0.6 is 11.8 Å². The third-order valence-electron chi connectivity index (χ3n) is 4.13. The molecule has 0 saturated heterocycles. The first kappa shape index (κ1) is 17.5. The number of aromatic nitrogens is 5. The average Bonchev–Trinajstić information content (AvgIpc) is 3.34. The largest absolute Gasteiger partial charge is 0.338 e. The van der Waals surface area contributed by atoms with E-state index in [0.29, 0.717) is 17.5 Å². The molecule has 2 heterocycles. The van der Waals surface area contributed by atoms with Gasteiger partial charge in [-0.05, 0) is 19.9 Å². The minimum absolute atomic E-state index is 0.547. The van der Waals surface area contributed by atoms with Crippen molar-refractivity contribution in [2.24, 2.45) is 0 Å². The molecule has 0 atom stereocenters. The van der Waals surface area contributed by atoms with Crippen molar-refractivity contribution in [3.8, 4) is 22.8 Å². The monoisotopic (exact) mass is 377 g/mol. The normalized spacial score (nSPS) is 11.0. The lowest BCUT2D eigenvalue weighted by atomic mass is 10.1. The fourth-order valence-electron chi connectivity index (χ4n) is 2.82. The van der Waals surface area contributed by atoms with Gasteiger partial charge in [-0.2, -0.15) is 4.98 Å². The van der Waals surface area contributed by atoms with Crippen molar-refractivity contribution in [2.45, 2.75) is 31.3 Å². The van der Waals surface area contributed by atoms with E-state index in [1.54, 1.807) is 11.8 Å². The molecule has 2 aromatic carbocycles. The highest BCUT2D eigenvalue weighted by Crippen LogP contribution is 2.27. The van der Waals surface area contributed by atoms with Crippen molar-refractivity contribution in [3.63, 3.8) is 0 Å². The van der Waals surface area contributed by atoms with Crippen LogP contribution in [0.4, 0.5) is 0 Å². The molecule has 0 unspecified atom stereocenters. The molecule has 0 amide bonds. The number of hydrogen-bond acceptors (Lipinski definition) is 6. The van der Waals surface area contributed by atoms with Crippen molar-refractivity contribution in [1.82, 2.24) is 24.9 Å². The number of nitrogens with zero attached hydrogens (tertiary/aromatic N) is 5. The molecule has 7 heteroatoms. The zero-order chi connectivity index (χ0) is 18.6. The summed E-state index contributed by atoms with van der Waals surface area (Å²) in [6.45, 7) is 4.95. The summed E-state index contributed by atoms with van der Waals surface area (Å²) in [4.78, 5) is 4.47. The van der Waals surface area contributed by atoms with Gasteiger partial charge in [0.05, 0.1) is 5.75 Å². The third-order valence-corrected chi connectivity index (χ3v) is 5.09. The highest BCUT2D eigenvalue weighted by molar-refractivity contribution is 7.98. The van der Waals surface area contributed by atoms with Gasteiger partial charge in [-0.3, -0.25) is 0 Å². The topological polar surface area (TPSA) is 69.6 Å². The minimum atomic E-state index is 0.547. The highest BCUT2D eigenvalue weighted by Gasteiger charge is 2.15. The van der Waals surface area contributed by atoms with Crippen molar-refractivity contribution in [2.75, 3.05) is 0 Å². The summed E-state index contributed by atoms with van der Waals surface area (Å²) in [6.07, 6.45) is 0. The number of thioether (sulfide) groups is 1. The Labute approximate surface area is 161 Å². The van der Waals surface area contributed by atoms with Gasteiger partial charge in [0.1, 0.15) is 0 Å². The second-order valence-electron chi connectivity index (χ2n) is 6.09. The fraction of sp³-hybridized carbons (Fsp3) is 0.200. The smallest absolute Gasteiger partial charge is 0.237 e. The van der Waals surface area contributed by atoms with Crippen molar-refractivity contribution in [3.05, 3.63) is 66.1 Å². The van der Waals surface area contributed by atoms with E-state index in [4.69, 9.17) is 4.52 Å². The molecule has 0 fully saturated rings. The third kappa shape index (κ3) is 3.78. The molecular formula is C20H19N5OS. The quantitative estimate of drug-likeness (QED) is 0.457. The summed E-state index contributed by atoms with van der Waals surface area (Å²) in [6, 6.07) is 18.1. The maximum Gasteiger partial charge on any atom is 0.237 e. The molecule has 27 heavy (non-hydrogen) atoms. The molecule has 4 aromatic rings. The van der Waals surface area contributed by atoms with Crippen LogP contribution in [0.5, 0.6) is 0 Å². The summed E-state index contributed by atoms with van der Waals surface area (Å²) in [7, 11) is 0. The lowest BCUT2D eigenvalue weighted by Crippen LogP contribution is -2.00. The number of rotatable bonds is 6. The van der Waals surface area contributed by atoms with Crippen molar-refractivity contribution < 1.29 is 4.52 Å². The van der Waals surface area contributed by atoms with Gasteiger partial charge in [-0.25, -0.2) is 0 Å². The SMILES string of the molecule is CCn1c(SCc2nc(-c3ccccc3)no2)nnc1-c1cccc(C)c1. The molecular weight excluding hydrogens is 358 g/mol. The van der Waals surface area contributed by atoms with Gasteiger partial charge in [-0.1, -0.05) is 71.0 Å². The molecule has 0 aliphatic carbocycles. The molecule has 136 valence electrons. The van der Waals surface area contributed by atoms with Crippen molar-refractivity contribution in [1.29, 1.82) is 0 Å². The predicted octanol–water partition coefficient (Wildman–Crippen LogP) is 4.62. The van der Waals surface area contributed by atoms with Crippen LogP contribution in [0.1, 0.15) is 18.4 Å². The maximum atomic E-state index is 5.38. The molecule has 0 radical (unpaired) electrons. The molecule has 0 N–H and O–H groups in total. The molecule has 0 bridgehead atoms. The van der Waals surface area contributed by atoms with Gasteiger partial charge in [0.15, 0.2) is 11.0 Å². The van der Waals surface area contributed by atoms with E-state index in [1.807, 2.05) is 36.4 Å². The van der Waals surface area contributed by atoms with Crippen LogP contribution in [-0.2, 0) is 12.3 Å². The van der Waals surface area contributed by atoms with E-state index in [2.05, 4.69) is 57.0 Å². The Morgan fingerprint density at radius 1 is 1.00 bits per heavy atom. The van der Waals surface area contributed by atoms with E-state index >= 15 is 0 Å². The van der Waals surface area contributed by atoms with Crippen LogP contribution in [0.2, 0.25) is 0 Å². The van der Waals surface area contributed by atoms with Crippen LogP contribution < -0.4 is 0 Å². The van der Waals surface area contributed by atoms with Gasteiger partial charge in [0, 0.05) is 17.7 Å². The Morgan fingerprint density at radius 2 is 1.81 bits per heavy atom. The first-order chi connectivity index (χ1) is 13.2. The van der Waals surface area contributed by atoms with Crippen LogP contribution in [0, 0.1) is 6.92 Å². The first-order valence-corrected chi connectivity index (χ1v) is 9.74. The Morgan fingerprint density at radius 3 is 2.59 bits per heavy atom. The zero-order valence-corrected chi connectivity index (χ0v) is 16.0. The maximum absolute atomic E-state index is 5.38. The summed E-state index contributed by atoms with van der Waals surface area (Å²) in [5.74, 6) is 2.59. The summed E-state index contributed by atoms with van der Waals surface area (Å²) >= 11 is 1.55. The summed E-state index contributed by atoms with van der Waals surface area (Å²) in [5, 5.41) is 13.7. The van der Waals surface area contributed by atoms with Crippen LogP contribution in [0.15, 0.2) is 64.3 Å². The Kier molecular flexibility index (Phi) is 5.02. The standard InChI is InChI=1S/C20H19N5OS/c1-3-25-19(16-11-7-8-14(2)12-16)22-23-20(25)27-13-17-21-18(24-26-17)15-9-5-4-6-10-15/h4-12H,3,13H2,1-2H3. The van der Waals surface area contributed by atoms with Gasteiger partial charge in [0.2, 0.25) is 11.7 Å². The van der Waals surface area contributed by atoms with Gasteiger partial charge in [0.25, 0.3) is 0 Å². The average molecular weight is 377 g/mol. The molecule has 0 aliphatic heterocycles. The van der Waals surface area contributed by atoms with E-state index in [0.717, 1.165) is 28.7 Å². The summed E-state index contributed by atoms with van der Waals surface area (Å²) in [5.41, 5.74) is 3.21. The van der Waals surface area contributed by atoms with E-state index in [9.17, 15) is 0 Å². The lowest BCUT2D eigenvalue weighted by molar-refractivity contribution is 0.391. The van der Waals surface area contributed by atoms with Gasteiger partial charge in [-0.15, -0.1) is 10.2 Å². The molecule has 0 saturated carbocycles. The number of aryl methyl sites for hydroxylation is 1. The molecule has 4 rings (SSSR count). The number of benzene rings is 2. The molecule has 0 spiro atoms. The first-order valence-electron chi connectivity index (χ1n) is 8.75. The van der Waals surface area contributed by atoms with E-state index < -0.39 is 0 Å². The van der Waals surface area contributed by atoms with Crippen LogP contribution in [0.25, 0.3) is 22.8 Å². The summed E-state index contributed by atoms with van der Waals surface area (Å²) < 4.78 is 7.49. The zero-order valence-electron chi connectivity index (χ0n) is 15.2. The molecule has 0 aliphatic rings. The minimum Gasteiger partial charge on any atom is -0.338 e. The van der Waals surface area contributed by atoms with E-state index in [1.165, 1.54) is 5.56 Å². The Hall–Kier alpha value is -2.93.